The molecule has 0 saturated carbocycles. The van der Waals surface area contributed by atoms with E-state index < -0.39 is 0 Å². The van der Waals surface area contributed by atoms with Crippen LogP contribution in [0.4, 0.5) is 0 Å². The van der Waals surface area contributed by atoms with Crippen molar-refractivity contribution in [3.8, 4) is 11.3 Å². The molecular formula is C15H10BrNO3. The predicted molar refractivity (Wildman–Crippen MR) is 77.6 cm³/mol. The molecule has 1 aliphatic rings. The quantitative estimate of drug-likeness (QED) is 0.679. The summed E-state index contributed by atoms with van der Waals surface area (Å²) < 4.78 is 6.67. The van der Waals surface area contributed by atoms with Gasteiger partial charge >= 0.3 is 0 Å². The molecule has 0 aliphatic carbocycles. The van der Waals surface area contributed by atoms with Crippen molar-refractivity contribution >= 4 is 33.8 Å². The van der Waals surface area contributed by atoms with Gasteiger partial charge in [0.1, 0.15) is 11.5 Å². The predicted octanol–water partition coefficient (Wildman–Crippen LogP) is 3.14. The van der Waals surface area contributed by atoms with Crippen LogP contribution in [-0.4, -0.2) is 11.8 Å². The largest absolute Gasteiger partial charge is 0.457 e. The molecule has 1 aromatic carbocycles. The van der Waals surface area contributed by atoms with Crippen LogP contribution in [0.3, 0.4) is 0 Å². The molecule has 0 bridgehead atoms. The summed E-state index contributed by atoms with van der Waals surface area (Å²) in [5, 5.41) is 2.24. The molecule has 4 nitrogen and oxygen atoms in total. The Balaban J connectivity index is 1.87. The zero-order chi connectivity index (χ0) is 14.1. The molecule has 0 radical (unpaired) electrons. The fourth-order valence-corrected chi connectivity index (χ4v) is 2.26. The van der Waals surface area contributed by atoms with Crippen molar-refractivity contribution in [2.45, 2.75) is 6.42 Å². The zero-order valence-corrected chi connectivity index (χ0v) is 11.9. The molecule has 1 aromatic heterocycles. The molecule has 5 heteroatoms. The van der Waals surface area contributed by atoms with Crippen LogP contribution in [0, 0.1) is 0 Å². The number of carbonyl (C=O) groups excluding carboxylic acids is 2. The Morgan fingerprint density at radius 3 is 2.50 bits per heavy atom. The van der Waals surface area contributed by atoms with Crippen LogP contribution < -0.4 is 5.32 Å². The summed E-state index contributed by atoms with van der Waals surface area (Å²) >= 11 is 3.38. The summed E-state index contributed by atoms with van der Waals surface area (Å²) in [7, 11) is 0. The smallest absolute Gasteiger partial charge is 0.254 e. The minimum Gasteiger partial charge on any atom is -0.457 e. The van der Waals surface area contributed by atoms with Crippen LogP contribution in [0.15, 0.2) is 50.9 Å². The summed E-state index contributed by atoms with van der Waals surface area (Å²) in [6.07, 6.45) is 1.70. The van der Waals surface area contributed by atoms with Crippen LogP contribution in [0.5, 0.6) is 0 Å². The van der Waals surface area contributed by atoms with E-state index >= 15 is 0 Å². The van der Waals surface area contributed by atoms with Crippen LogP contribution >= 0.6 is 15.9 Å². The number of nitrogens with one attached hydrogen (secondary N) is 1. The molecule has 0 spiro atoms. The maximum atomic E-state index is 11.5. The molecule has 1 aliphatic heterocycles. The van der Waals surface area contributed by atoms with E-state index in [1.165, 1.54) is 0 Å². The van der Waals surface area contributed by atoms with E-state index in [9.17, 15) is 9.59 Å². The molecule has 1 fully saturated rings. The number of halogens is 1. The van der Waals surface area contributed by atoms with Gasteiger partial charge in [0.2, 0.25) is 5.91 Å². The van der Waals surface area contributed by atoms with E-state index in [1.807, 2.05) is 30.3 Å². The van der Waals surface area contributed by atoms with Crippen molar-refractivity contribution in [1.82, 2.24) is 5.32 Å². The summed E-state index contributed by atoms with van der Waals surface area (Å²) in [6.45, 7) is 0. The lowest BCUT2D eigenvalue weighted by Gasteiger charge is -1.96. The second-order valence-corrected chi connectivity index (χ2v) is 5.35. The second-order valence-electron chi connectivity index (χ2n) is 4.43. The highest BCUT2D eigenvalue weighted by atomic mass is 79.9. The number of hydrogen-bond donors (Lipinski definition) is 1. The standard InChI is InChI=1S/C15H10BrNO3/c16-11-3-1-9(2-4-11)13-6-5-12(20-13)7-10-8-14(18)17-15(10)19/h1-7H,8H2,(H,17,18,19). The lowest BCUT2D eigenvalue weighted by molar-refractivity contribution is -0.124. The van der Waals surface area contributed by atoms with E-state index in [2.05, 4.69) is 21.2 Å². The van der Waals surface area contributed by atoms with Gasteiger partial charge in [-0.1, -0.05) is 28.1 Å². The van der Waals surface area contributed by atoms with Crippen molar-refractivity contribution in [3.63, 3.8) is 0 Å². The molecule has 0 atom stereocenters. The number of imide groups is 1. The monoisotopic (exact) mass is 331 g/mol. The minimum absolute atomic E-state index is 0.104. The number of furan rings is 1. The molecule has 3 rings (SSSR count). The van der Waals surface area contributed by atoms with Crippen molar-refractivity contribution in [2.24, 2.45) is 0 Å². The van der Waals surface area contributed by atoms with E-state index in [0.29, 0.717) is 17.1 Å². The first-order valence-electron chi connectivity index (χ1n) is 6.02. The van der Waals surface area contributed by atoms with Gasteiger partial charge in [0, 0.05) is 15.6 Å². The summed E-state index contributed by atoms with van der Waals surface area (Å²) in [5.74, 6) is 0.648. The average molecular weight is 332 g/mol. The lowest BCUT2D eigenvalue weighted by Crippen LogP contribution is -2.19. The third-order valence-electron chi connectivity index (χ3n) is 2.97. The van der Waals surface area contributed by atoms with E-state index in [1.54, 1.807) is 12.1 Å². The van der Waals surface area contributed by atoms with Gasteiger partial charge in [-0.3, -0.25) is 14.9 Å². The second kappa shape index (κ2) is 5.09. The van der Waals surface area contributed by atoms with E-state index in [-0.39, 0.29) is 18.2 Å². The summed E-state index contributed by atoms with van der Waals surface area (Å²) in [4.78, 5) is 22.6. The van der Waals surface area contributed by atoms with Gasteiger partial charge in [0.25, 0.3) is 5.91 Å². The summed E-state index contributed by atoms with van der Waals surface area (Å²) in [6, 6.07) is 11.3. The number of hydrogen-bond acceptors (Lipinski definition) is 3. The first kappa shape index (κ1) is 12.9. The zero-order valence-electron chi connectivity index (χ0n) is 10.4. The first-order chi connectivity index (χ1) is 9.61. The van der Waals surface area contributed by atoms with Crippen LogP contribution in [0.1, 0.15) is 12.2 Å². The average Bonchev–Trinajstić information content (AvgIpc) is 2.98. The van der Waals surface area contributed by atoms with E-state index in [0.717, 1.165) is 10.0 Å². The normalized spacial score (nSPS) is 16.8. The highest BCUT2D eigenvalue weighted by Crippen LogP contribution is 2.25. The maximum Gasteiger partial charge on any atom is 0.254 e. The number of rotatable bonds is 2. The summed E-state index contributed by atoms with van der Waals surface area (Å²) in [5.41, 5.74) is 1.37. The third-order valence-corrected chi connectivity index (χ3v) is 3.50. The Labute approximate surface area is 123 Å². The van der Waals surface area contributed by atoms with Gasteiger partial charge in [-0.2, -0.15) is 0 Å². The van der Waals surface area contributed by atoms with Gasteiger partial charge in [0.05, 0.1) is 6.42 Å². The molecular weight excluding hydrogens is 322 g/mol. The fraction of sp³-hybridized carbons (Fsp3) is 0.0667. The van der Waals surface area contributed by atoms with Crippen molar-refractivity contribution in [2.75, 3.05) is 0 Å². The van der Waals surface area contributed by atoms with Crippen LogP contribution in [0.2, 0.25) is 0 Å². The molecule has 2 aromatic rings. The molecule has 2 amide bonds. The molecule has 0 unspecified atom stereocenters. The molecule has 20 heavy (non-hydrogen) atoms. The topological polar surface area (TPSA) is 59.3 Å². The lowest BCUT2D eigenvalue weighted by atomic mass is 10.2. The van der Waals surface area contributed by atoms with Gasteiger partial charge in [-0.25, -0.2) is 0 Å². The van der Waals surface area contributed by atoms with Gasteiger partial charge in [-0.05, 0) is 30.3 Å². The van der Waals surface area contributed by atoms with Crippen molar-refractivity contribution in [3.05, 3.63) is 52.2 Å². The Hall–Kier alpha value is -2.14. The Bertz CT molecular complexity index is 713. The van der Waals surface area contributed by atoms with Crippen LogP contribution in [-0.2, 0) is 9.59 Å². The Morgan fingerprint density at radius 1 is 1.10 bits per heavy atom. The molecule has 2 heterocycles. The third kappa shape index (κ3) is 2.58. The Kier molecular flexibility index (Phi) is 3.28. The van der Waals surface area contributed by atoms with Crippen LogP contribution in [0.25, 0.3) is 17.4 Å². The number of benzene rings is 1. The van der Waals surface area contributed by atoms with E-state index in [4.69, 9.17) is 4.42 Å². The Morgan fingerprint density at radius 2 is 1.85 bits per heavy atom. The number of carbonyl (C=O) groups is 2. The molecule has 1 N–H and O–H groups in total. The SMILES string of the molecule is O=C1CC(=Cc2ccc(-c3ccc(Br)cc3)o2)C(=O)N1. The first-order valence-corrected chi connectivity index (χ1v) is 6.81. The highest BCUT2D eigenvalue weighted by molar-refractivity contribution is 9.10. The molecule has 1 saturated heterocycles. The van der Waals surface area contributed by atoms with Gasteiger partial charge in [0.15, 0.2) is 0 Å². The fourth-order valence-electron chi connectivity index (χ4n) is 1.99. The van der Waals surface area contributed by atoms with Gasteiger partial charge < -0.3 is 4.42 Å². The number of amides is 2. The van der Waals surface area contributed by atoms with Gasteiger partial charge in [-0.15, -0.1) is 0 Å². The minimum atomic E-state index is -0.350. The maximum absolute atomic E-state index is 11.5. The van der Waals surface area contributed by atoms with Crippen molar-refractivity contribution in [1.29, 1.82) is 0 Å². The van der Waals surface area contributed by atoms with Crippen molar-refractivity contribution < 1.29 is 14.0 Å². The molecule has 100 valence electrons. The highest BCUT2D eigenvalue weighted by Gasteiger charge is 2.24.